The van der Waals surface area contributed by atoms with Gasteiger partial charge in [-0.2, -0.15) is 0 Å². The minimum atomic E-state index is -0.346. The van der Waals surface area contributed by atoms with Crippen molar-refractivity contribution in [2.24, 2.45) is 5.10 Å². The van der Waals surface area contributed by atoms with Crippen molar-refractivity contribution in [2.75, 3.05) is 10.7 Å². The van der Waals surface area contributed by atoms with Gasteiger partial charge in [-0.25, -0.2) is 10.1 Å². The molecule has 1 N–H and O–H groups in total. The zero-order valence-corrected chi connectivity index (χ0v) is 14.4. The van der Waals surface area contributed by atoms with Crippen LogP contribution in [-0.2, 0) is 16.1 Å². The highest BCUT2D eigenvalue weighted by Gasteiger charge is 2.29. The Kier molecular flexibility index (Phi) is 4.36. The summed E-state index contributed by atoms with van der Waals surface area (Å²) in [6, 6.07) is 16.6. The van der Waals surface area contributed by atoms with Gasteiger partial charge in [0.05, 0.1) is 17.0 Å². The molecule has 4 rings (SSSR count). The maximum absolute atomic E-state index is 12.2. The van der Waals surface area contributed by atoms with Crippen LogP contribution in [0.3, 0.4) is 0 Å². The van der Waals surface area contributed by atoms with Crippen molar-refractivity contribution < 1.29 is 9.59 Å². The molecule has 9 heteroatoms. The predicted octanol–water partition coefficient (Wildman–Crippen LogP) is 1.60. The van der Waals surface area contributed by atoms with E-state index < -0.39 is 0 Å². The SMILES string of the molecule is O=C(Cn1nnc2ccccc21)N/N=C1\SCC(=O)N1c1ccccc1. The first-order valence-corrected chi connectivity index (χ1v) is 8.86. The van der Waals surface area contributed by atoms with Crippen LogP contribution in [0.2, 0.25) is 0 Å². The van der Waals surface area contributed by atoms with Crippen LogP contribution >= 0.6 is 11.8 Å². The third-order valence-corrected chi connectivity index (χ3v) is 4.69. The van der Waals surface area contributed by atoms with Gasteiger partial charge in [0.25, 0.3) is 5.91 Å². The number of carbonyl (C=O) groups excluding carboxylic acids is 2. The number of thioether (sulfide) groups is 1. The molecule has 0 atom stereocenters. The first kappa shape index (κ1) is 16.3. The Hall–Kier alpha value is -3.20. The lowest BCUT2D eigenvalue weighted by Crippen LogP contribution is -2.32. The maximum atomic E-state index is 12.2. The molecule has 0 bridgehead atoms. The molecule has 0 saturated carbocycles. The summed E-state index contributed by atoms with van der Waals surface area (Å²) in [5, 5.41) is 12.5. The van der Waals surface area contributed by atoms with Gasteiger partial charge in [-0.3, -0.25) is 14.5 Å². The van der Waals surface area contributed by atoms with Crippen LogP contribution < -0.4 is 10.3 Å². The van der Waals surface area contributed by atoms with Crippen LogP contribution in [0, 0.1) is 0 Å². The minimum absolute atomic E-state index is 0.0127. The first-order chi connectivity index (χ1) is 12.7. The molecule has 26 heavy (non-hydrogen) atoms. The van der Waals surface area contributed by atoms with Crippen molar-refractivity contribution >= 4 is 45.5 Å². The highest BCUT2D eigenvalue weighted by molar-refractivity contribution is 8.15. The monoisotopic (exact) mass is 366 g/mol. The van der Waals surface area contributed by atoms with Crippen LogP contribution in [-0.4, -0.2) is 37.7 Å². The maximum Gasteiger partial charge on any atom is 0.261 e. The van der Waals surface area contributed by atoms with Gasteiger partial charge >= 0.3 is 0 Å². The van der Waals surface area contributed by atoms with E-state index >= 15 is 0 Å². The Morgan fingerprint density at radius 2 is 1.92 bits per heavy atom. The Bertz CT molecular complexity index is 1000. The summed E-state index contributed by atoms with van der Waals surface area (Å²) >= 11 is 1.28. The van der Waals surface area contributed by atoms with Gasteiger partial charge in [-0.1, -0.05) is 47.3 Å². The van der Waals surface area contributed by atoms with Crippen LogP contribution in [0.4, 0.5) is 5.69 Å². The van der Waals surface area contributed by atoms with Gasteiger partial charge in [0.1, 0.15) is 12.1 Å². The third kappa shape index (κ3) is 3.16. The molecule has 1 aliphatic rings. The molecular weight excluding hydrogens is 352 g/mol. The number of nitrogens with zero attached hydrogens (tertiary/aromatic N) is 5. The number of hydrogen-bond acceptors (Lipinski definition) is 6. The summed E-state index contributed by atoms with van der Waals surface area (Å²) in [5.74, 6) is -0.130. The van der Waals surface area contributed by atoms with E-state index in [0.717, 1.165) is 16.7 Å². The van der Waals surface area contributed by atoms with Crippen molar-refractivity contribution in [1.82, 2.24) is 20.4 Å². The Balaban J connectivity index is 1.48. The average Bonchev–Trinajstić information content (AvgIpc) is 3.24. The van der Waals surface area contributed by atoms with Gasteiger partial charge in [0.2, 0.25) is 5.91 Å². The van der Waals surface area contributed by atoms with Crippen LogP contribution in [0.15, 0.2) is 59.7 Å². The summed E-state index contributed by atoms with van der Waals surface area (Å²) in [7, 11) is 0. The topological polar surface area (TPSA) is 92.5 Å². The smallest absolute Gasteiger partial charge is 0.261 e. The lowest BCUT2D eigenvalue weighted by atomic mass is 10.3. The number of nitrogens with one attached hydrogen (secondary N) is 1. The zero-order chi connectivity index (χ0) is 17.9. The van der Waals surface area contributed by atoms with E-state index in [-0.39, 0.29) is 24.1 Å². The number of amides is 2. The molecule has 0 spiro atoms. The number of hydrogen-bond donors (Lipinski definition) is 1. The van der Waals surface area contributed by atoms with Gasteiger partial charge in [-0.15, -0.1) is 10.2 Å². The van der Waals surface area contributed by atoms with Crippen LogP contribution in [0.25, 0.3) is 11.0 Å². The summed E-state index contributed by atoms with van der Waals surface area (Å²) in [4.78, 5) is 25.8. The fourth-order valence-corrected chi connectivity index (χ4v) is 3.42. The molecule has 1 aromatic heterocycles. The molecule has 2 amide bonds. The Morgan fingerprint density at radius 1 is 1.15 bits per heavy atom. The zero-order valence-electron chi connectivity index (χ0n) is 13.6. The first-order valence-electron chi connectivity index (χ1n) is 7.88. The quantitative estimate of drug-likeness (QED) is 0.708. The molecule has 1 aliphatic heterocycles. The largest absolute Gasteiger partial charge is 0.273 e. The Morgan fingerprint density at radius 3 is 2.77 bits per heavy atom. The number of fused-ring (bicyclic) bond motifs is 1. The normalized spacial score (nSPS) is 15.8. The molecule has 1 saturated heterocycles. The fraction of sp³-hybridized carbons (Fsp3) is 0.118. The number of anilines is 1. The van der Waals surface area contributed by atoms with Crippen LogP contribution in [0.1, 0.15) is 0 Å². The summed E-state index contributed by atoms with van der Waals surface area (Å²) in [6.45, 7) is -0.0127. The third-order valence-electron chi connectivity index (χ3n) is 3.77. The van der Waals surface area contributed by atoms with Crippen molar-refractivity contribution in [3.63, 3.8) is 0 Å². The van der Waals surface area contributed by atoms with Gasteiger partial charge in [-0.05, 0) is 24.3 Å². The number of rotatable bonds is 4. The predicted molar refractivity (Wildman–Crippen MR) is 99.5 cm³/mol. The second kappa shape index (κ2) is 6.96. The molecule has 1 fully saturated rings. The molecule has 130 valence electrons. The number of para-hydroxylation sites is 2. The molecule has 2 heterocycles. The van der Waals surface area contributed by atoms with E-state index in [9.17, 15) is 9.59 Å². The van der Waals surface area contributed by atoms with E-state index in [4.69, 9.17) is 0 Å². The van der Waals surface area contributed by atoms with Crippen LogP contribution in [0.5, 0.6) is 0 Å². The second-order valence-corrected chi connectivity index (χ2v) is 6.46. The number of benzene rings is 2. The molecule has 0 aliphatic carbocycles. The standard InChI is InChI=1S/C17H14N6O2S/c24-15(10-22-14-9-5-4-8-13(14)18-21-22)19-20-17-23(16(25)11-26-17)12-6-2-1-3-7-12/h1-9H,10-11H2,(H,19,24)/b20-17-. The summed E-state index contributed by atoms with van der Waals surface area (Å²) in [6.07, 6.45) is 0. The highest BCUT2D eigenvalue weighted by atomic mass is 32.2. The van der Waals surface area contributed by atoms with Gasteiger partial charge < -0.3 is 0 Å². The van der Waals surface area contributed by atoms with E-state index in [0.29, 0.717) is 5.17 Å². The number of amidine groups is 1. The van der Waals surface area contributed by atoms with Crippen molar-refractivity contribution in [3.05, 3.63) is 54.6 Å². The number of carbonyl (C=O) groups is 2. The number of aromatic nitrogens is 3. The van der Waals surface area contributed by atoms with Crippen molar-refractivity contribution in [3.8, 4) is 0 Å². The van der Waals surface area contributed by atoms with Gasteiger partial charge in [0.15, 0.2) is 5.17 Å². The van der Waals surface area contributed by atoms with Gasteiger partial charge in [0, 0.05) is 0 Å². The van der Waals surface area contributed by atoms with Crippen molar-refractivity contribution in [2.45, 2.75) is 6.54 Å². The molecule has 8 nitrogen and oxygen atoms in total. The van der Waals surface area contributed by atoms with Crippen molar-refractivity contribution in [1.29, 1.82) is 0 Å². The lowest BCUT2D eigenvalue weighted by molar-refractivity contribution is -0.121. The molecule has 0 unspecified atom stereocenters. The van der Waals surface area contributed by atoms with E-state index in [1.807, 2.05) is 54.6 Å². The second-order valence-electron chi connectivity index (χ2n) is 5.52. The Labute approximate surface area is 152 Å². The highest BCUT2D eigenvalue weighted by Crippen LogP contribution is 2.25. The summed E-state index contributed by atoms with van der Waals surface area (Å²) < 4.78 is 1.51. The lowest BCUT2D eigenvalue weighted by Gasteiger charge is -2.15. The minimum Gasteiger partial charge on any atom is -0.273 e. The molecular formula is C17H14N6O2S. The van der Waals surface area contributed by atoms with E-state index in [1.54, 1.807) is 0 Å². The number of hydrazone groups is 1. The molecule has 2 aromatic carbocycles. The van der Waals surface area contributed by atoms with E-state index in [1.165, 1.54) is 21.3 Å². The average molecular weight is 366 g/mol. The molecule has 0 radical (unpaired) electrons. The fourth-order valence-electron chi connectivity index (χ4n) is 2.59. The summed E-state index contributed by atoms with van der Waals surface area (Å²) in [5.41, 5.74) is 4.70. The van der Waals surface area contributed by atoms with E-state index in [2.05, 4.69) is 20.8 Å². The molecule has 3 aromatic rings.